The number of rotatable bonds is 10. The number of imidazole rings is 1. The van der Waals surface area contributed by atoms with Crippen molar-refractivity contribution >= 4 is 16.9 Å². The molecule has 1 aliphatic rings. The molecule has 4 rings (SSSR count). The number of nitrogens with zero attached hydrogens (tertiary/aromatic N) is 3. The van der Waals surface area contributed by atoms with Gasteiger partial charge in [0.05, 0.1) is 17.4 Å². The summed E-state index contributed by atoms with van der Waals surface area (Å²) in [6.45, 7) is 8.49. The van der Waals surface area contributed by atoms with Crippen LogP contribution in [0.2, 0.25) is 0 Å². The number of benzene rings is 2. The maximum absolute atomic E-state index is 13.6. The monoisotopic (exact) mass is 448 g/mol. The first-order valence-corrected chi connectivity index (χ1v) is 12.1. The smallest absolute Gasteiger partial charge is 0.254 e. The molecule has 3 aromatic rings. The highest BCUT2D eigenvalue weighted by Gasteiger charge is 2.31. The lowest BCUT2D eigenvalue weighted by Gasteiger charge is -2.31. The second-order valence-electron chi connectivity index (χ2n) is 9.41. The van der Waals surface area contributed by atoms with Crippen LogP contribution in [0.1, 0.15) is 36.2 Å². The van der Waals surface area contributed by atoms with Crippen molar-refractivity contribution in [2.24, 2.45) is 11.8 Å². The number of amides is 1. The molecule has 1 fully saturated rings. The van der Waals surface area contributed by atoms with Crippen LogP contribution in [-0.4, -0.2) is 59.8 Å². The van der Waals surface area contributed by atoms with E-state index in [1.54, 1.807) is 7.11 Å². The van der Waals surface area contributed by atoms with Crippen LogP contribution >= 0.6 is 0 Å². The molecule has 33 heavy (non-hydrogen) atoms. The summed E-state index contributed by atoms with van der Waals surface area (Å²) < 4.78 is 7.29. The molecule has 1 aromatic heterocycles. The molecule has 2 atom stereocenters. The molecule has 0 unspecified atom stereocenters. The summed E-state index contributed by atoms with van der Waals surface area (Å²) in [5.74, 6) is 1.08. The highest BCUT2D eigenvalue weighted by Crippen LogP contribution is 2.25. The number of aromatic nitrogens is 2. The fourth-order valence-electron chi connectivity index (χ4n) is 4.85. The molecule has 1 N–H and O–H groups in total. The Kier molecular flexibility index (Phi) is 7.78. The number of fused-ring (bicyclic) bond motifs is 1. The molecule has 2 aromatic carbocycles. The van der Waals surface area contributed by atoms with Crippen molar-refractivity contribution in [2.45, 2.75) is 39.3 Å². The van der Waals surface area contributed by atoms with Gasteiger partial charge < -0.3 is 19.5 Å². The first kappa shape index (κ1) is 23.5. The average molecular weight is 449 g/mol. The van der Waals surface area contributed by atoms with Crippen LogP contribution in [0.5, 0.6) is 0 Å². The summed E-state index contributed by atoms with van der Waals surface area (Å²) in [6, 6.07) is 16.7. The van der Waals surface area contributed by atoms with Crippen LogP contribution in [0.15, 0.2) is 54.9 Å². The van der Waals surface area contributed by atoms with Crippen molar-refractivity contribution in [1.82, 2.24) is 19.8 Å². The molecule has 0 spiro atoms. The Bertz CT molecular complexity index is 1050. The number of methoxy groups -OCH3 is 1. The molecule has 1 aliphatic heterocycles. The second kappa shape index (κ2) is 10.9. The Morgan fingerprint density at radius 3 is 2.73 bits per heavy atom. The number of nitrogens with one attached hydrogen (secondary N) is 1. The minimum Gasteiger partial charge on any atom is -0.385 e. The quantitative estimate of drug-likeness (QED) is 0.476. The summed E-state index contributed by atoms with van der Waals surface area (Å²) in [6.07, 6.45) is 3.81. The topological polar surface area (TPSA) is 59.4 Å². The van der Waals surface area contributed by atoms with E-state index in [9.17, 15) is 4.79 Å². The summed E-state index contributed by atoms with van der Waals surface area (Å²) in [4.78, 5) is 20.2. The number of ether oxygens (including phenoxy) is 1. The van der Waals surface area contributed by atoms with E-state index in [4.69, 9.17) is 4.74 Å². The van der Waals surface area contributed by atoms with Gasteiger partial charge in [-0.1, -0.05) is 30.3 Å². The Balaban J connectivity index is 1.49. The van der Waals surface area contributed by atoms with Crippen LogP contribution in [0, 0.1) is 11.8 Å². The summed E-state index contributed by atoms with van der Waals surface area (Å²) >= 11 is 0. The summed E-state index contributed by atoms with van der Waals surface area (Å²) in [7, 11) is 1.72. The second-order valence-corrected chi connectivity index (χ2v) is 9.41. The van der Waals surface area contributed by atoms with Gasteiger partial charge in [-0.25, -0.2) is 4.98 Å². The molecule has 6 nitrogen and oxygen atoms in total. The third-order valence-electron chi connectivity index (χ3n) is 6.75. The molecule has 6 heteroatoms. The van der Waals surface area contributed by atoms with Gasteiger partial charge in [-0.05, 0) is 75.4 Å². The van der Waals surface area contributed by atoms with Gasteiger partial charge in [-0.2, -0.15) is 0 Å². The van der Waals surface area contributed by atoms with E-state index in [1.807, 2.05) is 29.4 Å². The van der Waals surface area contributed by atoms with Gasteiger partial charge in [0.1, 0.15) is 0 Å². The Labute approximate surface area is 196 Å². The lowest BCUT2D eigenvalue weighted by Crippen LogP contribution is -2.42. The van der Waals surface area contributed by atoms with E-state index >= 15 is 0 Å². The molecular weight excluding hydrogens is 412 g/mol. The minimum atomic E-state index is 0.0990. The van der Waals surface area contributed by atoms with Crippen molar-refractivity contribution in [3.8, 4) is 0 Å². The number of carbonyl (C=O) groups is 1. The highest BCUT2D eigenvalue weighted by atomic mass is 16.5. The van der Waals surface area contributed by atoms with Gasteiger partial charge in [0, 0.05) is 38.4 Å². The van der Waals surface area contributed by atoms with Gasteiger partial charge in [0.2, 0.25) is 0 Å². The van der Waals surface area contributed by atoms with Gasteiger partial charge in [0.25, 0.3) is 5.91 Å². The maximum atomic E-state index is 13.6. The Morgan fingerprint density at radius 1 is 1.18 bits per heavy atom. The summed E-state index contributed by atoms with van der Waals surface area (Å²) in [5, 5.41) is 3.56. The highest BCUT2D eigenvalue weighted by molar-refractivity contribution is 5.97. The van der Waals surface area contributed by atoms with Crippen LogP contribution in [0.25, 0.3) is 11.0 Å². The third-order valence-corrected chi connectivity index (χ3v) is 6.75. The van der Waals surface area contributed by atoms with Gasteiger partial charge in [-0.15, -0.1) is 0 Å². The van der Waals surface area contributed by atoms with E-state index in [1.165, 1.54) is 5.56 Å². The Morgan fingerprint density at radius 2 is 1.97 bits per heavy atom. The van der Waals surface area contributed by atoms with Gasteiger partial charge >= 0.3 is 0 Å². The molecule has 0 saturated carbocycles. The fourth-order valence-corrected chi connectivity index (χ4v) is 4.85. The predicted molar refractivity (Wildman–Crippen MR) is 132 cm³/mol. The SMILES string of the molecule is COCCCn1cnc2ccc(C(=O)N(C[C@@H]3CNC[C@H]3Cc3ccccc3)C(C)C)cc21. The van der Waals surface area contributed by atoms with E-state index in [0.717, 1.165) is 55.6 Å². The van der Waals surface area contributed by atoms with Crippen molar-refractivity contribution in [1.29, 1.82) is 0 Å². The number of hydrogen-bond acceptors (Lipinski definition) is 4. The first-order valence-electron chi connectivity index (χ1n) is 12.1. The molecule has 1 saturated heterocycles. The predicted octanol–water partition coefficient (Wildman–Crippen LogP) is 4.00. The van der Waals surface area contributed by atoms with Crippen LogP contribution in [0.4, 0.5) is 0 Å². The maximum Gasteiger partial charge on any atom is 0.254 e. The fraction of sp³-hybridized carbons (Fsp3) is 0.481. The number of hydrogen-bond donors (Lipinski definition) is 1. The number of aryl methyl sites for hydroxylation is 1. The van der Waals surface area contributed by atoms with E-state index in [-0.39, 0.29) is 11.9 Å². The average Bonchev–Trinajstić information content (AvgIpc) is 3.44. The largest absolute Gasteiger partial charge is 0.385 e. The van der Waals surface area contributed by atoms with Crippen LogP contribution < -0.4 is 5.32 Å². The molecular formula is C27H36N4O2. The normalized spacial score (nSPS) is 18.3. The standard InChI is InChI=1S/C27H36N4O2/c1-20(2)31(18-24-17-28-16-23(24)14-21-8-5-4-6-9-21)27(32)22-10-11-25-26(15-22)30(19-29-25)12-7-13-33-3/h4-6,8-11,15,19-20,23-24,28H,7,12-14,16-18H2,1-3H3/t23-,24+/m1/s1. The lowest BCUT2D eigenvalue weighted by molar-refractivity contribution is 0.0662. The van der Waals surface area contributed by atoms with Crippen molar-refractivity contribution in [2.75, 3.05) is 33.4 Å². The molecule has 1 amide bonds. The van der Waals surface area contributed by atoms with Crippen LogP contribution in [0.3, 0.4) is 0 Å². The minimum absolute atomic E-state index is 0.0990. The lowest BCUT2D eigenvalue weighted by atomic mass is 9.89. The molecule has 2 heterocycles. The Hall–Kier alpha value is -2.70. The molecule has 176 valence electrons. The van der Waals surface area contributed by atoms with Crippen molar-refractivity contribution in [3.05, 3.63) is 66.0 Å². The third kappa shape index (κ3) is 5.63. The first-order chi connectivity index (χ1) is 16.1. The van der Waals surface area contributed by atoms with Gasteiger partial charge in [-0.3, -0.25) is 4.79 Å². The molecule has 0 radical (unpaired) electrons. The van der Waals surface area contributed by atoms with Crippen molar-refractivity contribution in [3.63, 3.8) is 0 Å². The number of carbonyl (C=O) groups excluding carboxylic acids is 1. The molecule has 0 aliphatic carbocycles. The zero-order valence-corrected chi connectivity index (χ0v) is 20.0. The van der Waals surface area contributed by atoms with Crippen molar-refractivity contribution < 1.29 is 9.53 Å². The summed E-state index contributed by atoms with van der Waals surface area (Å²) in [5.41, 5.74) is 4.02. The van der Waals surface area contributed by atoms with E-state index in [0.29, 0.717) is 18.4 Å². The van der Waals surface area contributed by atoms with E-state index < -0.39 is 0 Å². The van der Waals surface area contributed by atoms with Crippen LogP contribution in [-0.2, 0) is 17.7 Å². The van der Waals surface area contributed by atoms with Gasteiger partial charge in [0.15, 0.2) is 0 Å². The zero-order valence-electron chi connectivity index (χ0n) is 20.0. The van der Waals surface area contributed by atoms with E-state index in [2.05, 4.69) is 59.0 Å². The zero-order chi connectivity index (χ0) is 23.2. The molecule has 0 bridgehead atoms.